The fraction of sp³-hybridized carbons (Fsp3) is 0.133. The Morgan fingerprint density at radius 1 is 1.05 bits per heavy atom. The average Bonchev–Trinajstić information content (AvgIpc) is 2.45. The van der Waals surface area contributed by atoms with Gasteiger partial charge in [-0.1, -0.05) is 18.2 Å². The maximum absolute atomic E-state index is 12.7. The lowest BCUT2D eigenvalue weighted by molar-refractivity contribution is -0.137. The van der Waals surface area contributed by atoms with Gasteiger partial charge in [-0.15, -0.1) is 0 Å². The second-order valence-corrected chi connectivity index (χ2v) is 4.22. The highest BCUT2D eigenvalue weighted by Crippen LogP contribution is 2.34. The number of nitrogens with zero attached hydrogens (tertiary/aromatic N) is 1. The SMILES string of the molecule is N#Cc1ccc(-c2cc(C(F)(F)F)ccc2CO)cc1. The van der Waals surface area contributed by atoms with Gasteiger partial charge in [0.2, 0.25) is 0 Å². The summed E-state index contributed by atoms with van der Waals surface area (Å²) >= 11 is 0. The molecule has 2 rings (SSSR count). The molecule has 0 radical (unpaired) electrons. The summed E-state index contributed by atoms with van der Waals surface area (Å²) < 4.78 is 38.2. The number of hydrogen-bond donors (Lipinski definition) is 1. The van der Waals surface area contributed by atoms with Gasteiger partial charge in [0.15, 0.2) is 0 Å². The molecule has 0 heterocycles. The maximum atomic E-state index is 12.7. The molecule has 0 saturated carbocycles. The number of halogens is 3. The third-order valence-electron chi connectivity index (χ3n) is 2.93. The molecule has 20 heavy (non-hydrogen) atoms. The van der Waals surface area contributed by atoms with Gasteiger partial charge in [0.1, 0.15) is 0 Å². The van der Waals surface area contributed by atoms with Crippen LogP contribution in [0.5, 0.6) is 0 Å². The molecule has 2 aromatic rings. The van der Waals surface area contributed by atoms with Crippen molar-refractivity contribution in [3.63, 3.8) is 0 Å². The predicted octanol–water partition coefficient (Wildman–Crippen LogP) is 3.74. The number of alkyl halides is 3. The van der Waals surface area contributed by atoms with E-state index in [1.54, 1.807) is 12.1 Å². The minimum absolute atomic E-state index is 0.312. The van der Waals surface area contributed by atoms with Crippen molar-refractivity contribution >= 4 is 0 Å². The fourth-order valence-corrected chi connectivity index (χ4v) is 1.88. The molecular weight excluding hydrogens is 267 g/mol. The zero-order valence-electron chi connectivity index (χ0n) is 10.3. The number of nitriles is 1. The van der Waals surface area contributed by atoms with Gasteiger partial charge >= 0.3 is 6.18 Å². The first-order chi connectivity index (χ1) is 9.45. The van der Waals surface area contributed by atoms with Crippen molar-refractivity contribution in [2.45, 2.75) is 12.8 Å². The molecule has 0 spiro atoms. The summed E-state index contributed by atoms with van der Waals surface area (Å²) in [6.45, 7) is -0.354. The molecular formula is C15H10F3NO. The lowest BCUT2D eigenvalue weighted by Gasteiger charge is -2.12. The first kappa shape index (κ1) is 14.1. The van der Waals surface area contributed by atoms with Crippen LogP contribution in [0.25, 0.3) is 11.1 Å². The largest absolute Gasteiger partial charge is 0.416 e. The average molecular weight is 277 g/mol. The second kappa shape index (κ2) is 5.35. The Balaban J connectivity index is 2.55. The zero-order valence-corrected chi connectivity index (χ0v) is 10.3. The topological polar surface area (TPSA) is 44.0 Å². The smallest absolute Gasteiger partial charge is 0.392 e. The highest BCUT2D eigenvalue weighted by molar-refractivity contribution is 5.69. The number of rotatable bonds is 2. The highest BCUT2D eigenvalue weighted by Gasteiger charge is 2.31. The van der Waals surface area contributed by atoms with Crippen molar-refractivity contribution in [2.75, 3.05) is 0 Å². The Morgan fingerprint density at radius 3 is 2.20 bits per heavy atom. The first-order valence-corrected chi connectivity index (χ1v) is 5.77. The van der Waals surface area contributed by atoms with Crippen LogP contribution in [-0.4, -0.2) is 5.11 Å². The Labute approximate surface area is 113 Å². The summed E-state index contributed by atoms with van der Waals surface area (Å²) in [7, 11) is 0. The monoisotopic (exact) mass is 277 g/mol. The van der Waals surface area contributed by atoms with Crippen molar-refractivity contribution < 1.29 is 18.3 Å². The van der Waals surface area contributed by atoms with Crippen LogP contribution in [0.1, 0.15) is 16.7 Å². The van der Waals surface area contributed by atoms with Crippen molar-refractivity contribution in [2.24, 2.45) is 0 Å². The molecule has 0 atom stereocenters. The van der Waals surface area contributed by atoms with E-state index in [4.69, 9.17) is 5.26 Å². The maximum Gasteiger partial charge on any atom is 0.416 e. The highest BCUT2D eigenvalue weighted by atomic mass is 19.4. The molecule has 0 aliphatic heterocycles. The number of hydrogen-bond acceptors (Lipinski definition) is 2. The van der Waals surface area contributed by atoms with E-state index in [-0.39, 0.29) is 6.61 Å². The van der Waals surface area contributed by atoms with Gasteiger partial charge in [-0.05, 0) is 41.0 Å². The summed E-state index contributed by atoms with van der Waals surface area (Å²) in [6, 6.07) is 11.3. The summed E-state index contributed by atoms with van der Waals surface area (Å²) in [5.41, 5.74) is 0.897. The third-order valence-corrected chi connectivity index (χ3v) is 2.93. The number of aliphatic hydroxyl groups is 1. The molecule has 0 unspecified atom stereocenters. The van der Waals surface area contributed by atoms with Gasteiger partial charge in [0.05, 0.1) is 23.8 Å². The second-order valence-electron chi connectivity index (χ2n) is 4.22. The van der Waals surface area contributed by atoms with E-state index in [0.29, 0.717) is 22.3 Å². The van der Waals surface area contributed by atoms with E-state index in [0.717, 1.165) is 12.1 Å². The van der Waals surface area contributed by atoms with E-state index in [1.807, 2.05) is 6.07 Å². The van der Waals surface area contributed by atoms with E-state index < -0.39 is 11.7 Å². The summed E-state index contributed by atoms with van der Waals surface area (Å²) in [5.74, 6) is 0. The Kier molecular flexibility index (Phi) is 3.77. The van der Waals surface area contributed by atoms with E-state index in [2.05, 4.69) is 0 Å². The van der Waals surface area contributed by atoms with Crippen LogP contribution in [0.3, 0.4) is 0 Å². The van der Waals surface area contributed by atoms with E-state index in [9.17, 15) is 18.3 Å². The zero-order chi connectivity index (χ0) is 14.8. The molecule has 5 heteroatoms. The van der Waals surface area contributed by atoms with Crippen LogP contribution in [0.15, 0.2) is 42.5 Å². The molecule has 2 aromatic carbocycles. The Hall–Kier alpha value is -2.32. The molecule has 1 N–H and O–H groups in total. The predicted molar refractivity (Wildman–Crippen MR) is 67.5 cm³/mol. The fourth-order valence-electron chi connectivity index (χ4n) is 1.88. The van der Waals surface area contributed by atoms with Crippen LogP contribution >= 0.6 is 0 Å². The lowest BCUT2D eigenvalue weighted by Crippen LogP contribution is -2.05. The van der Waals surface area contributed by atoms with Crippen LogP contribution in [0.2, 0.25) is 0 Å². The van der Waals surface area contributed by atoms with Gasteiger partial charge in [-0.3, -0.25) is 0 Å². The minimum atomic E-state index is -4.44. The van der Waals surface area contributed by atoms with E-state index in [1.165, 1.54) is 18.2 Å². The number of benzene rings is 2. The molecule has 102 valence electrons. The first-order valence-electron chi connectivity index (χ1n) is 5.77. The van der Waals surface area contributed by atoms with Crippen molar-refractivity contribution in [3.05, 3.63) is 59.2 Å². The van der Waals surface area contributed by atoms with Gasteiger partial charge in [-0.25, -0.2) is 0 Å². The molecule has 0 bridgehead atoms. The van der Waals surface area contributed by atoms with Crippen molar-refractivity contribution in [3.8, 4) is 17.2 Å². The third kappa shape index (κ3) is 2.81. The van der Waals surface area contributed by atoms with Crippen LogP contribution in [-0.2, 0) is 12.8 Å². The van der Waals surface area contributed by atoms with E-state index >= 15 is 0 Å². The molecule has 2 nitrogen and oxygen atoms in total. The minimum Gasteiger partial charge on any atom is -0.392 e. The van der Waals surface area contributed by atoms with Gasteiger partial charge < -0.3 is 5.11 Å². The summed E-state index contributed by atoms with van der Waals surface area (Å²) in [5, 5.41) is 18.0. The molecule has 0 fully saturated rings. The molecule has 0 saturated heterocycles. The molecule has 0 amide bonds. The normalized spacial score (nSPS) is 11.2. The molecule has 0 aliphatic rings. The summed E-state index contributed by atoms with van der Waals surface area (Å²) in [6.07, 6.45) is -4.44. The van der Waals surface area contributed by atoms with Crippen LogP contribution in [0, 0.1) is 11.3 Å². The number of aliphatic hydroxyl groups excluding tert-OH is 1. The Morgan fingerprint density at radius 2 is 1.70 bits per heavy atom. The quantitative estimate of drug-likeness (QED) is 0.908. The molecule has 0 aliphatic carbocycles. The Bertz CT molecular complexity index is 654. The molecule has 0 aromatic heterocycles. The summed E-state index contributed by atoms with van der Waals surface area (Å²) in [4.78, 5) is 0. The van der Waals surface area contributed by atoms with Crippen molar-refractivity contribution in [1.82, 2.24) is 0 Å². The standard InChI is InChI=1S/C15H10F3NO/c16-15(17,18)13-6-5-12(9-20)14(7-13)11-3-1-10(8-19)2-4-11/h1-7,20H,9H2. The van der Waals surface area contributed by atoms with Gasteiger partial charge in [0, 0.05) is 0 Å². The van der Waals surface area contributed by atoms with Crippen LogP contribution < -0.4 is 0 Å². The van der Waals surface area contributed by atoms with Gasteiger partial charge in [0.25, 0.3) is 0 Å². The lowest BCUT2D eigenvalue weighted by atomic mass is 9.96. The van der Waals surface area contributed by atoms with Gasteiger partial charge in [-0.2, -0.15) is 18.4 Å². The van der Waals surface area contributed by atoms with Crippen LogP contribution in [0.4, 0.5) is 13.2 Å². The van der Waals surface area contributed by atoms with Crippen molar-refractivity contribution in [1.29, 1.82) is 5.26 Å².